The summed E-state index contributed by atoms with van der Waals surface area (Å²) in [5.41, 5.74) is 0. The second-order valence-corrected chi connectivity index (χ2v) is 5.94. The zero-order valence-corrected chi connectivity index (χ0v) is 8.84. The Labute approximate surface area is 88.1 Å². The quantitative estimate of drug-likeness (QED) is 0.619. The van der Waals surface area contributed by atoms with E-state index >= 15 is 0 Å². The van der Waals surface area contributed by atoms with Gasteiger partial charge in [0.05, 0.1) is 0 Å². The van der Waals surface area contributed by atoms with E-state index < -0.39 is 0 Å². The number of carbonyl (C=O) groups excluding carboxylic acids is 1. The van der Waals surface area contributed by atoms with Gasteiger partial charge < -0.3 is 9.47 Å². The molecule has 0 aromatic heterocycles. The second-order valence-electron chi connectivity index (χ2n) is 5.94. The molecule has 15 heavy (non-hydrogen) atoms. The number of methoxy groups -OCH3 is 2. The molecule has 0 aromatic carbocycles. The topological polar surface area (TPSA) is 35.5 Å². The fourth-order valence-electron chi connectivity index (χ4n) is 6.31. The van der Waals surface area contributed by atoms with Crippen molar-refractivity contribution in [1.29, 1.82) is 0 Å². The molecule has 5 aliphatic carbocycles. The molecular formula is C12H14O3. The fourth-order valence-corrected chi connectivity index (χ4v) is 6.31. The maximum absolute atomic E-state index is 12.1. The lowest BCUT2D eigenvalue weighted by atomic mass is 9.39. The number of Topliss-reactive ketones (excluding diaryl/α,β-unsaturated/α-hetero) is 1. The first-order valence-corrected chi connectivity index (χ1v) is 5.92. The van der Waals surface area contributed by atoms with Crippen molar-refractivity contribution in [3.63, 3.8) is 0 Å². The highest BCUT2D eigenvalue weighted by atomic mass is 16.7. The van der Waals surface area contributed by atoms with E-state index in [0.29, 0.717) is 29.5 Å². The van der Waals surface area contributed by atoms with Crippen LogP contribution in [0.2, 0.25) is 0 Å². The van der Waals surface area contributed by atoms with Gasteiger partial charge in [-0.05, 0) is 23.7 Å². The molecule has 0 spiro atoms. The predicted molar refractivity (Wildman–Crippen MR) is 49.7 cm³/mol. The summed E-state index contributed by atoms with van der Waals surface area (Å²) in [6.45, 7) is 0. The van der Waals surface area contributed by atoms with Gasteiger partial charge in [-0.15, -0.1) is 0 Å². The molecule has 0 saturated heterocycles. The van der Waals surface area contributed by atoms with E-state index in [0.717, 1.165) is 23.7 Å². The monoisotopic (exact) mass is 206 g/mol. The minimum atomic E-state index is -0.387. The van der Waals surface area contributed by atoms with Crippen LogP contribution in [0.5, 0.6) is 0 Å². The molecule has 0 aliphatic heterocycles. The Morgan fingerprint density at radius 2 is 1.40 bits per heavy atom. The molecule has 0 bridgehead atoms. The van der Waals surface area contributed by atoms with E-state index in [1.807, 2.05) is 0 Å². The number of rotatable bonds is 2. The summed E-state index contributed by atoms with van der Waals surface area (Å²) in [4.78, 5) is 12.1. The number of fused-ring (bicyclic) bond motifs is 2. The van der Waals surface area contributed by atoms with Crippen molar-refractivity contribution >= 4 is 5.78 Å². The molecule has 80 valence electrons. The molecule has 0 radical (unpaired) electrons. The summed E-state index contributed by atoms with van der Waals surface area (Å²) in [7, 11) is 3.50. The van der Waals surface area contributed by atoms with Gasteiger partial charge in [0, 0.05) is 37.9 Å². The van der Waals surface area contributed by atoms with Crippen molar-refractivity contribution in [2.24, 2.45) is 47.3 Å². The lowest BCUT2D eigenvalue weighted by Crippen LogP contribution is -2.62. The van der Waals surface area contributed by atoms with Gasteiger partial charge in [0.1, 0.15) is 5.78 Å². The smallest absolute Gasteiger partial charge is 0.175 e. The minimum absolute atomic E-state index is 0.305. The normalized spacial score (nSPS) is 68.5. The number of ether oxygens (including phenoxy) is 2. The van der Waals surface area contributed by atoms with Crippen LogP contribution in [0.1, 0.15) is 0 Å². The van der Waals surface area contributed by atoms with Crippen LogP contribution < -0.4 is 0 Å². The molecule has 5 saturated carbocycles. The lowest BCUT2D eigenvalue weighted by molar-refractivity contribution is -0.287. The van der Waals surface area contributed by atoms with Crippen LogP contribution in [0.25, 0.3) is 0 Å². The van der Waals surface area contributed by atoms with E-state index in [-0.39, 0.29) is 5.79 Å². The molecule has 5 fully saturated rings. The van der Waals surface area contributed by atoms with Gasteiger partial charge in [0.15, 0.2) is 5.79 Å². The Kier molecular flexibility index (Phi) is 0.936. The molecular weight excluding hydrogens is 192 g/mol. The Bertz CT molecular complexity index is 368. The summed E-state index contributed by atoms with van der Waals surface area (Å²) in [6, 6.07) is 0. The van der Waals surface area contributed by atoms with Crippen LogP contribution in [0, 0.1) is 47.3 Å². The van der Waals surface area contributed by atoms with Crippen molar-refractivity contribution in [1.82, 2.24) is 0 Å². The number of hydrogen-bond donors (Lipinski definition) is 0. The maximum atomic E-state index is 12.1. The van der Waals surface area contributed by atoms with Crippen LogP contribution in [0.4, 0.5) is 0 Å². The summed E-state index contributed by atoms with van der Waals surface area (Å²) in [5, 5.41) is 0. The Hall–Kier alpha value is -0.410. The predicted octanol–water partition coefficient (Wildman–Crippen LogP) is 0.542. The molecule has 0 amide bonds. The SMILES string of the molecule is COC1(OC)C2C3C(=O)C4C5C3C2C5C41. The van der Waals surface area contributed by atoms with Crippen LogP contribution in [-0.4, -0.2) is 25.8 Å². The average molecular weight is 206 g/mol. The molecule has 8 unspecified atom stereocenters. The molecule has 5 aliphatic rings. The molecule has 8 atom stereocenters. The van der Waals surface area contributed by atoms with Gasteiger partial charge in [0.25, 0.3) is 0 Å². The van der Waals surface area contributed by atoms with Gasteiger partial charge in [-0.25, -0.2) is 0 Å². The highest BCUT2D eigenvalue weighted by molar-refractivity contribution is 5.93. The first-order chi connectivity index (χ1) is 7.28. The second kappa shape index (κ2) is 1.80. The Morgan fingerprint density at radius 1 is 0.933 bits per heavy atom. The zero-order valence-electron chi connectivity index (χ0n) is 8.84. The summed E-state index contributed by atoms with van der Waals surface area (Å²) in [6.07, 6.45) is 0. The third-order valence-corrected chi connectivity index (χ3v) is 6.43. The van der Waals surface area contributed by atoms with Crippen molar-refractivity contribution in [3.8, 4) is 0 Å². The summed E-state index contributed by atoms with van der Waals surface area (Å²) < 4.78 is 11.4. The van der Waals surface area contributed by atoms with Crippen LogP contribution in [0.3, 0.4) is 0 Å². The van der Waals surface area contributed by atoms with E-state index in [1.54, 1.807) is 14.2 Å². The highest BCUT2D eigenvalue weighted by Gasteiger charge is 2.94. The lowest BCUT2D eigenvalue weighted by Gasteiger charge is -2.63. The van der Waals surface area contributed by atoms with Crippen LogP contribution >= 0.6 is 0 Å². The van der Waals surface area contributed by atoms with E-state index in [9.17, 15) is 4.79 Å². The van der Waals surface area contributed by atoms with E-state index in [1.165, 1.54) is 0 Å². The molecule has 0 heterocycles. The number of ketones is 1. The highest BCUT2D eigenvalue weighted by Crippen LogP contribution is 2.90. The molecule has 3 nitrogen and oxygen atoms in total. The van der Waals surface area contributed by atoms with Crippen LogP contribution in [0.15, 0.2) is 0 Å². The molecule has 5 rings (SSSR count). The van der Waals surface area contributed by atoms with Gasteiger partial charge in [-0.3, -0.25) is 4.79 Å². The van der Waals surface area contributed by atoms with Gasteiger partial charge in [0.2, 0.25) is 0 Å². The molecule has 3 heteroatoms. The average Bonchev–Trinajstić information content (AvgIpc) is 2.54. The Balaban J connectivity index is 1.74. The molecule has 0 aromatic rings. The maximum Gasteiger partial charge on any atom is 0.175 e. The van der Waals surface area contributed by atoms with E-state index in [4.69, 9.17) is 9.47 Å². The zero-order chi connectivity index (χ0) is 10.1. The number of carbonyl (C=O) groups is 1. The van der Waals surface area contributed by atoms with Crippen molar-refractivity contribution < 1.29 is 14.3 Å². The third-order valence-electron chi connectivity index (χ3n) is 6.43. The fraction of sp³-hybridized carbons (Fsp3) is 0.917. The van der Waals surface area contributed by atoms with Crippen LogP contribution in [-0.2, 0) is 14.3 Å². The van der Waals surface area contributed by atoms with Gasteiger partial charge >= 0.3 is 0 Å². The summed E-state index contributed by atoms with van der Waals surface area (Å²) in [5.74, 6) is 4.59. The number of hydrogen-bond acceptors (Lipinski definition) is 3. The minimum Gasteiger partial charge on any atom is -0.353 e. The van der Waals surface area contributed by atoms with Gasteiger partial charge in [-0.1, -0.05) is 0 Å². The first kappa shape index (κ1) is 7.80. The third kappa shape index (κ3) is 0.424. The van der Waals surface area contributed by atoms with Crippen molar-refractivity contribution in [3.05, 3.63) is 0 Å². The summed E-state index contributed by atoms with van der Waals surface area (Å²) >= 11 is 0. The van der Waals surface area contributed by atoms with Crippen molar-refractivity contribution in [2.45, 2.75) is 5.79 Å². The van der Waals surface area contributed by atoms with Crippen molar-refractivity contribution in [2.75, 3.05) is 14.2 Å². The van der Waals surface area contributed by atoms with E-state index in [2.05, 4.69) is 0 Å². The first-order valence-electron chi connectivity index (χ1n) is 5.92. The largest absolute Gasteiger partial charge is 0.353 e. The standard InChI is InChI=1S/C12H14O3/c1-14-12(15-2)9-5-3-4-6(5)10(12)8(4)11(13)7(3)9/h3-10H,1-2H3. The Morgan fingerprint density at radius 3 is 1.80 bits per heavy atom. The molecule has 0 N–H and O–H groups in total. The van der Waals surface area contributed by atoms with Gasteiger partial charge in [-0.2, -0.15) is 0 Å².